The summed E-state index contributed by atoms with van der Waals surface area (Å²) in [6.07, 6.45) is 1.47. The van der Waals surface area contributed by atoms with E-state index in [9.17, 15) is 9.59 Å². The number of amides is 1. The molecule has 1 aromatic heterocycles. The molecule has 1 saturated heterocycles. The molecule has 186 valence electrons. The van der Waals surface area contributed by atoms with Crippen LogP contribution in [0.1, 0.15) is 47.4 Å². The van der Waals surface area contributed by atoms with Crippen molar-refractivity contribution in [1.29, 1.82) is 0 Å². The number of carbonyl (C=O) groups excluding carboxylic acids is 1. The number of nitrogens with zero attached hydrogens (tertiary/aromatic N) is 4. The molecule has 4 rings (SSSR count). The Morgan fingerprint density at radius 3 is 2.17 bits per heavy atom. The van der Waals surface area contributed by atoms with Crippen LogP contribution in [-0.4, -0.2) is 59.6 Å². The smallest absolute Gasteiger partial charge is 0.346 e. The molecule has 2 aromatic carbocycles. The molecule has 0 spiro atoms. The van der Waals surface area contributed by atoms with Crippen LogP contribution in [0.5, 0.6) is 17.2 Å². The third-order valence-corrected chi connectivity index (χ3v) is 6.50. The molecule has 9 heteroatoms. The van der Waals surface area contributed by atoms with Crippen molar-refractivity contribution in [1.82, 2.24) is 19.2 Å². The summed E-state index contributed by atoms with van der Waals surface area (Å²) in [6.45, 7) is 4.11. The van der Waals surface area contributed by atoms with E-state index in [0.29, 0.717) is 49.0 Å². The maximum Gasteiger partial charge on any atom is 0.346 e. The molecule has 0 saturated carbocycles. The molecule has 1 fully saturated rings. The van der Waals surface area contributed by atoms with Crippen molar-refractivity contribution >= 4 is 5.91 Å². The molecule has 0 N–H and O–H groups in total. The second-order valence-corrected chi connectivity index (χ2v) is 8.51. The number of hydrogen-bond acceptors (Lipinski definition) is 6. The predicted octanol–water partition coefficient (Wildman–Crippen LogP) is 3.16. The maximum atomic E-state index is 13.3. The zero-order chi connectivity index (χ0) is 24.9. The first-order chi connectivity index (χ1) is 17.0. The quantitative estimate of drug-likeness (QED) is 0.492. The van der Waals surface area contributed by atoms with E-state index in [0.717, 1.165) is 24.2 Å². The number of carbonyl (C=O) groups is 1. The van der Waals surface area contributed by atoms with Gasteiger partial charge < -0.3 is 19.1 Å². The number of aromatic nitrogens is 3. The second kappa shape index (κ2) is 10.7. The highest BCUT2D eigenvalue weighted by Crippen LogP contribution is 2.39. The summed E-state index contributed by atoms with van der Waals surface area (Å²) in [7, 11) is 4.59. The molecule has 35 heavy (non-hydrogen) atoms. The predicted molar refractivity (Wildman–Crippen MR) is 132 cm³/mol. The fraction of sp³-hybridized carbons (Fsp3) is 0.423. The SMILES string of the molecule is CCn1c(C2CCN(C(=O)c3cc(OC)c(OC)c(OC)c3)CC2)nn(Cc2ccccc2)c1=O. The molecule has 1 aliphatic heterocycles. The first-order valence-corrected chi connectivity index (χ1v) is 11.8. The molecule has 3 aromatic rings. The van der Waals surface area contributed by atoms with Gasteiger partial charge in [0.05, 0.1) is 27.9 Å². The fourth-order valence-corrected chi connectivity index (χ4v) is 4.64. The van der Waals surface area contributed by atoms with E-state index in [2.05, 4.69) is 0 Å². The van der Waals surface area contributed by atoms with Crippen LogP contribution in [-0.2, 0) is 13.1 Å². The van der Waals surface area contributed by atoms with Gasteiger partial charge in [0.25, 0.3) is 5.91 Å². The average molecular weight is 481 g/mol. The Kier molecular flexibility index (Phi) is 7.43. The van der Waals surface area contributed by atoms with Crippen LogP contribution in [0.4, 0.5) is 0 Å². The van der Waals surface area contributed by atoms with Crippen molar-refractivity contribution in [2.45, 2.75) is 38.8 Å². The normalized spacial score (nSPS) is 14.1. The van der Waals surface area contributed by atoms with Crippen molar-refractivity contribution in [2.24, 2.45) is 0 Å². The zero-order valence-corrected chi connectivity index (χ0v) is 20.7. The van der Waals surface area contributed by atoms with Gasteiger partial charge >= 0.3 is 5.69 Å². The van der Waals surface area contributed by atoms with Crippen LogP contribution in [0.3, 0.4) is 0 Å². The minimum Gasteiger partial charge on any atom is -0.493 e. The lowest BCUT2D eigenvalue weighted by atomic mass is 9.95. The van der Waals surface area contributed by atoms with Crippen LogP contribution in [0.25, 0.3) is 0 Å². The van der Waals surface area contributed by atoms with E-state index in [1.165, 1.54) is 21.3 Å². The van der Waals surface area contributed by atoms with E-state index >= 15 is 0 Å². The van der Waals surface area contributed by atoms with Crippen LogP contribution in [0.2, 0.25) is 0 Å². The van der Waals surface area contributed by atoms with Crippen LogP contribution in [0, 0.1) is 0 Å². The maximum absolute atomic E-state index is 13.3. The molecule has 0 atom stereocenters. The third-order valence-electron chi connectivity index (χ3n) is 6.50. The van der Waals surface area contributed by atoms with Crippen molar-refractivity contribution in [3.05, 3.63) is 69.9 Å². The minimum atomic E-state index is -0.0951. The van der Waals surface area contributed by atoms with Gasteiger partial charge in [-0.15, -0.1) is 0 Å². The first kappa shape index (κ1) is 24.4. The van der Waals surface area contributed by atoms with E-state index in [1.54, 1.807) is 21.4 Å². The lowest BCUT2D eigenvalue weighted by Crippen LogP contribution is -2.38. The Labute approximate surface area is 204 Å². The van der Waals surface area contributed by atoms with Crippen LogP contribution in [0.15, 0.2) is 47.3 Å². The monoisotopic (exact) mass is 480 g/mol. The molecule has 9 nitrogen and oxygen atoms in total. The Hall–Kier alpha value is -3.75. The molecule has 1 aliphatic rings. The Balaban J connectivity index is 1.50. The van der Waals surface area contributed by atoms with Crippen molar-refractivity contribution in [2.75, 3.05) is 34.4 Å². The van der Waals surface area contributed by atoms with Gasteiger partial charge in [0, 0.05) is 31.1 Å². The third kappa shape index (κ3) is 4.89. The van der Waals surface area contributed by atoms with Crippen molar-refractivity contribution < 1.29 is 19.0 Å². The molecule has 0 bridgehead atoms. The average Bonchev–Trinajstić information content (AvgIpc) is 3.22. The minimum absolute atomic E-state index is 0.0924. The number of ether oxygens (including phenoxy) is 3. The number of hydrogen-bond donors (Lipinski definition) is 0. The Morgan fingerprint density at radius 1 is 1.00 bits per heavy atom. The Bertz CT molecular complexity index is 1200. The lowest BCUT2D eigenvalue weighted by Gasteiger charge is -2.31. The van der Waals surface area contributed by atoms with Gasteiger partial charge in [-0.1, -0.05) is 30.3 Å². The van der Waals surface area contributed by atoms with Gasteiger partial charge in [-0.3, -0.25) is 9.36 Å². The summed E-state index contributed by atoms with van der Waals surface area (Å²) in [5.74, 6) is 2.16. The van der Waals surface area contributed by atoms with E-state index in [4.69, 9.17) is 19.3 Å². The zero-order valence-electron chi connectivity index (χ0n) is 20.7. The summed E-state index contributed by atoms with van der Waals surface area (Å²) in [5.41, 5.74) is 1.42. The van der Waals surface area contributed by atoms with Crippen molar-refractivity contribution in [3.63, 3.8) is 0 Å². The van der Waals surface area contributed by atoms with Gasteiger partial charge in [-0.05, 0) is 37.5 Å². The van der Waals surface area contributed by atoms with E-state index < -0.39 is 0 Å². The summed E-state index contributed by atoms with van der Waals surface area (Å²) >= 11 is 0. The van der Waals surface area contributed by atoms with Gasteiger partial charge in [0.15, 0.2) is 11.5 Å². The summed E-state index contributed by atoms with van der Waals surface area (Å²) in [5, 5.41) is 4.71. The molecule has 1 amide bonds. The lowest BCUT2D eigenvalue weighted by molar-refractivity contribution is 0.0709. The summed E-state index contributed by atoms with van der Waals surface area (Å²) in [4.78, 5) is 28.1. The standard InChI is InChI=1S/C26H32N4O5/c1-5-29-24(27-30(26(29)32)17-18-9-7-6-8-10-18)19-11-13-28(14-12-19)25(31)20-15-21(33-2)23(35-4)22(16-20)34-3/h6-10,15-16,19H,5,11-14,17H2,1-4H3. The van der Waals surface area contributed by atoms with E-state index in [1.807, 2.05) is 42.2 Å². The van der Waals surface area contributed by atoms with Crippen molar-refractivity contribution in [3.8, 4) is 17.2 Å². The van der Waals surface area contributed by atoms with E-state index in [-0.39, 0.29) is 17.5 Å². The van der Waals surface area contributed by atoms with Gasteiger partial charge in [-0.25, -0.2) is 9.48 Å². The van der Waals surface area contributed by atoms with Crippen LogP contribution < -0.4 is 19.9 Å². The largest absolute Gasteiger partial charge is 0.493 e. The Morgan fingerprint density at radius 2 is 1.63 bits per heavy atom. The number of likely N-dealkylation sites (tertiary alicyclic amines) is 1. The molecular weight excluding hydrogens is 448 g/mol. The molecule has 0 unspecified atom stereocenters. The number of benzene rings is 2. The summed E-state index contributed by atoms with van der Waals surface area (Å²) in [6, 6.07) is 13.2. The number of methoxy groups -OCH3 is 3. The molecule has 0 aliphatic carbocycles. The number of rotatable bonds is 8. The highest BCUT2D eigenvalue weighted by molar-refractivity contribution is 5.95. The molecule has 2 heterocycles. The number of piperidine rings is 1. The topological polar surface area (TPSA) is 87.8 Å². The summed E-state index contributed by atoms with van der Waals surface area (Å²) < 4.78 is 19.4. The van der Waals surface area contributed by atoms with Crippen LogP contribution >= 0.6 is 0 Å². The molecule has 0 radical (unpaired) electrons. The van der Waals surface area contributed by atoms with Gasteiger partial charge in [0.2, 0.25) is 5.75 Å². The highest BCUT2D eigenvalue weighted by Gasteiger charge is 2.29. The van der Waals surface area contributed by atoms with Gasteiger partial charge in [-0.2, -0.15) is 5.10 Å². The second-order valence-electron chi connectivity index (χ2n) is 8.51. The first-order valence-electron chi connectivity index (χ1n) is 11.8. The highest BCUT2D eigenvalue weighted by atomic mass is 16.5. The fourth-order valence-electron chi connectivity index (χ4n) is 4.64. The van der Waals surface area contributed by atoms with Gasteiger partial charge in [0.1, 0.15) is 5.82 Å². The molecular formula is C26H32N4O5.